The van der Waals surface area contributed by atoms with Crippen molar-refractivity contribution in [2.75, 3.05) is 36.9 Å². The highest BCUT2D eigenvalue weighted by Crippen LogP contribution is 2.13. The Morgan fingerprint density at radius 3 is 2.81 bits per heavy atom. The van der Waals surface area contributed by atoms with Crippen LogP contribution in [0.25, 0.3) is 0 Å². The van der Waals surface area contributed by atoms with Gasteiger partial charge in [-0.25, -0.2) is 9.97 Å². The van der Waals surface area contributed by atoms with Crippen LogP contribution >= 0.6 is 0 Å². The molecule has 5 nitrogen and oxygen atoms in total. The minimum absolute atomic E-state index is 0.598. The van der Waals surface area contributed by atoms with E-state index in [1.54, 1.807) is 6.33 Å². The highest BCUT2D eigenvalue weighted by molar-refractivity contribution is 5.47. The van der Waals surface area contributed by atoms with Crippen molar-refractivity contribution in [1.82, 2.24) is 9.97 Å². The Morgan fingerprint density at radius 1 is 1.44 bits per heavy atom. The number of anilines is 2. The van der Waals surface area contributed by atoms with E-state index in [0.29, 0.717) is 12.5 Å². The van der Waals surface area contributed by atoms with Gasteiger partial charge in [0.1, 0.15) is 18.0 Å². The molecular weight excluding hydrogens is 202 g/mol. The van der Waals surface area contributed by atoms with Crippen molar-refractivity contribution >= 4 is 11.6 Å². The van der Waals surface area contributed by atoms with Gasteiger partial charge in [-0.05, 0) is 5.92 Å². The molecule has 16 heavy (non-hydrogen) atoms. The second kappa shape index (κ2) is 6.27. The van der Waals surface area contributed by atoms with Crippen molar-refractivity contribution in [3.8, 4) is 0 Å². The first-order valence-electron chi connectivity index (χ1n) is 5.60. The summed E-state index contributed by atoms with van der Waals surface area (Å²) in [6, 6.07) is 1.94. The first-order valence-corrected chi connectivity index (χ1v) is 5.60. The molecule has 0 radical (unpaired) electrons. The lowest BCUT2D eigenvalue weighted by Gasteiger charge is -2.20. The highest BCUT2D eigenvalue weighted by Gasteiger charge is 2.05. The van der Waals surface area contributed by atoms with Crippen molar-refractivity contribution < 1.29 is 0 Å². The first kappa shape index (κ1) is 12.7. The van der Waals surface area contributed by atoms with Gasteiger partial charge < -0.3 is 16.0 Å². The molecule has 0 amide bonds. The third-order valence-electron chi connectivity index (χ3n) is 2.13. The van der Waals surface area contributed by atoms with Crippen molar-refractivity contribution in [2.24, 2.45) is 11.7 Å². The maximum absolute atomic E-state index is 5.42. The SMILES string of the molecule is CC(C)CN(C)c1cc(NCCN)ncn1. The summed E-state index contributed by atoms with van der Waals surface area (Å²) in [4.78, 5) is 10.5. The fourth-order valence-electron chi connectivity index (χ4n) is 1.49. The summed E-state index contributed by atoms with van der Waals surface area (Å²) in [6.45, 7) is 6.68. The highest BCUT2D eigenvalue weighted by atomic mass is 15.2. The summed E-state index contributed by atoms with van der Waals surface area (Å²) in [5.41, 5.74) is 5.42. The lowest BCUT2D eigenvalue weighted by molar-refractivity contribution is 0.634. The van der Waals surface area contributed by atoms with Gasteiger partial charge in [0.05, 0.1) is 0 Å². The molecule has 1 heterocycles. The smallest absolute Gasteiger partial charge is 0.133 e. The zero-order valence-corrected chi connectivity index (χ0v) is 10.3. The fraction of sp³-hybridized carbons (Fsp3) is 0.636. The Balaban J connectivity index is 2.65. The molecule has 0 aliphatic heterocycles. The van der Waals surface area contributed by atoms with Crippen LogP contribution in [0.5, 0.6) is 0 Å². The van der Waals surface area contributed by atoms with E-state index >= 15 is 0 Å². The average molecular weight is 223 g/mol. The predicted octanol–water partition coefficient (Wildman–Crippen LogP) is 0.939. The van der Waals surface area contributed by atoms with Crippen LogP contribution in [-0.2, 0) is 0 Å². The molecule has 0 saturated heterocycles. The molecule has 0 aliphatic carbocycles. The van der Waals surface area contributed by atoms with Crippen LogP contribution in [0.1, 0.15) is 13.8 Å². The average Bonchev–Trinajstić information content (AvgIpc) is 2.26. The lowest BCUT2D eigenvalue weighted by Crippen LogP contribution is -2.23. The minimum Gasteiger partial charge on any atom is -0.369 e. The van der Waals surface area contributed by atoms with Gasteiger partial charge in [0.15, 0.2) is 0 Å². The third-order valence-corrected chi connectivity index (χ3v) is 2.13. The molecule has 90 valence electrons. The van der Waals surface area contributed by atoms with Gasteiger partial charge in [-0.1, -0.05) is 13.8 Å². The van der Waals surface area contributed by atoms with Crippen LogP contribution < -0.4 is 16.0 Å². The molecule has 0 bridgehead atoms. The van der Waals surface area contributed by atoms with Crippen molar-refractivity contribution in [3.05, 3.63) is 12.4 Å². The minimum atomic E-state index is 0.598. The van der Waals surface area contributed by atoms with E-state index in [1.807, 2.05) is 13.1 Å². The monoisotopic (exact) mass is 223 g/mol. The van der Waals surface area contributed by atoms with Gasteiger partial charge >= 0.3 is 0 Å². The van der Waals surface area contributed by atoms with E-state index in [0.717, 1.165) is 24.7 Å². The van der Waals surface area contributed by atoms with E-state index < -0.39 is 0 Å². The van der Waals surface area contributed by atoms with Gasteiger partial charge in [0.25, 0.3) is 0 Å². The van der Waals surface area contributed by atoms with E-state index in [2.05, 4.69) is 34.0 Å². The topological polar surface area (TPSA) is 67.1 Å². The Labute approximate surface area is 97.1 Å². The number of hydrogen-bond acceptors (Lipinski definition) is 5. The first-order chi connectivity index (χ1) is 7.63. The molecule has 0 fully saturated rings. The normalized spacial score (nSPS) is 10.6. The Kier molecular flexibility index (Phi) is 4.98. The van der Waals surface area contributed by atoms with Crippen molar-refractivity contribution in [2.45, 2.75) is 13.8 Å². The van der Waals surface area contributed by atoms with Crippen LogP contribution in [0, 0.1) is 5.92 Å². The molecule has 3 N–H and O–H groups in total. The summed E-state index contributed by atoms with van der Waals surface area (Å²) >= 11 is 0. The summed E-state index contributed by atoms with van der Waals surface area (Å²) in [5, 5.41) is 3.14. The van der Waals surface area contributed by atoms with E-state index in [4.69, 9.17) is 5.73 Å². The van der Waals surface area contributed by atoms with Crippen LogP contribution in [-0.4, -0.2) is 36.6 Å². The van der Waals surface area contributed by atoms with Crippen LogP contribution in [0.4, 0.5) is 11.6 Å². The van der Waals surface area contributed by atoms with E-state index in [-0.39, 0.29) is 0 Å². The van der Waals surface area contributed by atoms with Crippen molar-refractivity contribution in [3.63, 3.8) is 0 Å². The molecule has 1 aromatic heterocycles. The number of hydrogen-bond donors (Lipinski definition) is 2. The molecule has 5 heteroatoms. The van der Waals surface area contributed by atoms with Crippen molar-refractivity contribution in [1.29, 1.82) is 0 Å². The largest absolute Gasteiger partial charge is 0.369 e. The molecule has 0 atom stereocenters. The molecule has 1 rings (SSSR count). The van der Waals surface area contributed by atoms with Gasteiger partial charge in [-0.3, -0.25) is 0 Å². The molecule has 1 aromatic rings. The van der Waals surface area contributed by atoms with E-state index in [1.165, 1.54) is 0 Å². The number of nitrogens with zero attached hydrogens (tertiary/aromatic N) is 3. The lowest BCUT2D eigenvalue weighted by atomic mass is 10.2. The molecular formula is C11H21N5. The summed E-state index contributed by atoms with van der Waals surface area (Å²) in [7, 11) is 2.04. The van der Waals surface area contributed by atoms with Crippen LogP contribution in [0.3, 0.4) is 0 Å². The van der Waals surface area contributed by atoms with Gasteiger partial charge in [-0.2, -0.15) is 0 Å². The zero-order valence-electron chi connectivity index (χ0n) is 10.3. The summed E-state index contributed by atoms with van der Waals surface area (Å²) < 4.78 is 0. The number of nitrogens with two attached hydrogens (primary N) is 1. The Bertz CT molecular complexity index is 313. The van der Waals surface area contributed by atoms with Gasteiger partial charge in [0, 0.05) is 32.7 Å². The van der Waals surface area contributed by atoms with Crippen LogP contribution in [0.2, 0.25) is 0 Å². The fourth-order valence-corrected chi connectivity index (χ4v) is 1.49. The third kappa shape index (κ3) is 4.02. The Hall–Kier alpha value is -1.36. The Morgan fingerprint density at radius 2 is 2.19 bits per heavy atom. The summed E-state index contributed by atoms with van der Waals surface area (Å²) in [6.07, 6.45) is 1.57. The maximum atomic E-state index is 5.42. The second-order valence-corrected chi connectivity index (χ2v) is 4.25. The van der Waals surface area contributed by atoms with Gasteiger partial charge in [-0.15, -0.1) is 0 Å². The predicted molar refractivity (Wildman–Crippen MR) is 67.7 cm³/mol. The molecule has 0 aliphatic rings. The standard InChI is InChI=1S/C11H21N5/c1-9(2)7-16(3)11-6-10(13-5-4-12)14-8-15-11/h6,8-9H,4-5,7,12H2,1-3H3,(H,13,14,15). The van der Waals surface area contributed by atoms with Crippen LogP contribution in [0.15, 0.2) is 12.4 Å². The quantitative estimate of drug-likeness (QED) is 0.751. The second-order valence-electron chi connectivity index (χ2n) is 4.25. The molecule has 0 spiro atoms. The molecule has 0 aromatic carbocycles. The van der Waals surface area contributed by atoms with Gasteiger partial charge in [0.2, 0.25) is 0 Å². The number of rotatable bonds is 6. The molecule has 0 saturated carbocycles. The van der Waals surface area contributed by atoms with E-state index in [9.17, 15) is 0 Å². The summed E-state index contributed by atoms with van der Waals surface area (Å²) in [5.74, 6) is 2.37. The zero-order chi connectivity index (χ0) is 12.0. The number of nitrogens with one attached hydrogen (secondary N) is 1. The molecule has 0 unspecified atom stereocenters. The maximum Gasteiger partial charge on any atom is 0.133 e. The number of aromatic nitrogens is 2.